The third-order valence-electron chi connectivity index (χ3n) is 3.89. The van der Waals surface area contributed by atoms with Gasteiger partial charge < -0.3 is 10.3 Å². The van der Waals surface area contributed by atoms with Gasteiger partial charge in [0.05, 0.1) is 21.2 Å². The number of aromatic nitrogens is 2. The maximum absolute atomic E-state index is 12.1. The average Bonchev–Trinajstić information content (AvgIpc) is 3.37. The lowest BCUT2D eigenvalue weighted by Gasteiger charge is -2.13. The Hall–Kier alpha value is -1.57. The Labute approximate surface area is 160 Å². The second-order valence-electron chi connectivity index (χ2n) is 5.59. The van der Waals surface area contributed by atoms with E-state index in [9.17, 15) is 4.79 Å². The highest BCUT2D eigenvalue weighted by Gasteiger charge is 2.17. The summed E-state index contributed by atoms with van der Waals surface area (Å²) in [5.41, 5.74) is 1.99. The third kappa shape index (κ3) is 4.54. The van der Waals surface area contributed by atoms with Gasteiger partial charge in [-0.15, -0.1) is 22.7 Å². The first-order valence-corrected chi connectivity index (χ1v) is 11.1. The van der Waals surface area contributed by atoms with E-state index in [-0.39, 0.29) is 11.9 Å². The van der Waals surface area contributed by atoms with Crippen molar-refractivity contribution in [3.8, 4) is 21.1 Å². The van der Waals surface area contributed by atoms with Crippen LogP contribution < -0.4 is 5.32 Å². The van der Waals surface area contributed by atoms with Crippen LogP contribution in [0.3, 0.4) is 0 Å². The summed E-state index contributed by atoms with van der Waals surface area (Å²) in [5, 5.41) is 7.96. The Bertz CT molecular complexity index is 738. The molecule has 0 saturated heterocycles. The predicted molar refractivity (Wildman–Crippen MR) is 108 cm³/mol. The van der Waals surface area contributed by atoms with Crippen molar-refractivity contribution in [2.45, 2.75) is 37.9 Å². The molecule has 2 N–H and O–H groups in total. The summed E-state index contributed by atoms with van der Waals surface area (Å²) in [5.74, 6) is 0.433. The zero-order valence-electron chi connectivity index (χ0n) is 14.2. The number of H-pyrrole nitrogens is 1. The van der Waals surface area contributed by atoms with Crippen LogP contribution in [0.2, 0.25) is 0 Å². The number of carbonyl (C=O) groups is 1. The summed E-state index contributed by atoms with van der Waals surface area (Å²) >= 11 is 4.81. The summed E-state index contributed by atoms with van der Waals surface area (Å²) in [6, 6.07) is 8.49. The molecular formula is C18H21N3OS3. The molecule has 0 radical (unpaired) electrons. The van der Waals surface area contributed by atoms with Crippen molar-refractivity contribution in [2.24, 2.45) is 0 Å². The molecule has 25 heavy (non-hydrogen) atoms. The summed E-state index contributed by atoms with van der Waals surface area (Å²) in [7, 11) is 0. The first-order chi connectivity index (χ1) is 12.2. The van der Waals surface area contributed by atoms with Gasteiger partial charge in [-0.3, -0.25) is 4.79 Å². The number of imidazole rings is 1. The smallest absolute Gasteiger partial charge is 0.230 e. The first-order valence-electron chi connectivity index (χ1n) is 8.31. The van der Waals surface area contributed by atoms with Gasteiger partial charge in [0.25, 0.3) is 0 Å². The van der Waals surface area contributed by atoms with Crippen molar-refractivity contribution in [2.75, 3.05) is 5.75 Å². The molecule has 0 bridgehead atoms. The van der Waals surface area contributed by atoms with Crippen LogP contribution in [0.1, 0.15) is 26.7 Å². The highest BCUT2D eigenvalue weighted by molar-refractivity contribution is 7.99. The fourth-order valence-electron chi connectivity index (χ4n) is 2.51. The molecule has 0 spiro atoms. The van der Waals surface area contributed by atoms with Crippen LogP contribution in [0.5, 0.6) is 0 Å². The molecule has 0 fully saturated rings. The number of hydrogen-bond donors (Lipinski definition) is 2. The van der Waals surface area contributed by atoms with Gasteiger partial charge in [-0.05, 0) is 35.7 Å². The molecule has 0 unspecified atom stereocenters. The largest absolute Gasteiger partial charge is 0.353 e. The molecule has 0 aliphatic carbocycles. The number of aromatic amines is 1. The van der Waals surface area contributed by atoms with Gasteiger partial charge in [-0.25, -0.2) is 4.98 Å². The summed E-state index contributed by atoms with van der Waals surface area (Å²) in [4.78, 5) is 22.6. The predicted octanol–water partition coefficient (Wildman–Crippen LogP) is 5.26. The second kappa shape index (κ2) is 8.69. The first kappa shape index (κ1) is 18.2. The molecule has 0 saturated carbocycles. The van der Waals surface area contributed by atoms with Gasteiger partial charge in [0.15, 0.2) is 5.16 Å². The molecule has 1 amide bonds. The molecular weight excluding hydrogens is 370 g/mol. The standard InChI is InChI=1S/C18H21N3OS3/c1-3-12(4-2)19-15(22)11-25-18-20-16(13-7-5-9-23-13)17(21-18)14-8-6-10-24-14/h5-10,12H,3-4,11H2,1-2H3,(H,19,22)(H,20,21). The van der Waals surface area contributed by atoms with E-state index in [4.69, 9.17) is 4.98 Å². The normalized spacial score (nSPS) is 11.2. The van der Waals surface area contributed by atoms with Crippen molar-refractivity contribution in [1.82, 2.24) is 15.3 Å². The van der Waals surface area contributed by atoms with Crippen molar-refractivity contribution in [3.63, 3.8) is 0 Å². The highest BCUT2D eigenvalue weighted by Crippen LogP contribution is 2.36. The monoisotopic (exact) mass is 391 g/mol. The lowest BCUT2D eigenvalue weighted by molar-refractivity contribution is -0.119. The van der Waals surface area contributed by atoms with Crippen LogP contribution in [0, 0.1) is 0 Å². The Morgan fingerprint density at radius 2 is 1.88 bits per heavy atom. The van der Waals surface area contributed by atoms with E-state index in [0.717, 1.165) is 39.1 Å². The van der Waals surface area contributed by atoms with Crippen molar-refractivity contribution in [3.05, 3.63) is 35.0 Å². The van der Waals surface area contributed by atoms with Crippen LogP contribution in [-0.2, 0) is 4.79 Å². The van der Waals surface area contributed by atoms with Gasteiger partial charge >= 0.3 is 0 Å². The number of amides is 1. The summed E-state index contributed by atoms with van der Waals surface area (Å²) in [6.07, 6.45) is 1.91. The third-order valence-corrected chi connectivity index (χ3v) is 6.53. The van der Waals surface area contributed by atoms with Gasteiger partial charge in [-0.1, -0.05) is 37.7 Å². The molecule has 3 rings (SSSR count). The molecule has 3 aromatic heterocycles. The summed E-state index contributed by atoms with van der Waals surface area (Å²) in [6.45, 7) is 4.18. The molecule has 0 atom stereocenters. The lowest BCUT2D eigenvalue weighted by atomic mass is 10.2. The van der Waals surface area contributed by atoms with Gasteiger partial charge in [-0.2, -0.15) is 0 Å². The lowest BCUT2D eigenvalue weighted by Crippen LogP contribution is -2.35. The number of nitrogens with one attached hydrogen (secondary N) is 2. The molecule has 0 aliphatic heterocycles. The number of thioether (sulfide) groups is 1. The quantitative estimate of drug-likeness (QED) is 0.515. The zero-order valence-corrected chi connectivity index (χ0v) is 16.7. The van der Waals surface area contributed by atoms with Crippen molar-refractivity contribution < 1.29 is 4.79 Å². The topological polar surface area (TPSA) is 57.8 Å². The summed E-state index contributed by atoms with van der Waals surface area (Å²) < 4.78 is 0. The second-order valence-corrected chi connectivity index (χ2v) is 8.45. The maximum atomic E-state index is 12.1. The number of rotatable bonds is 8. The fourth-order valence-corrected chi connectivity index (χ4v) is 4.63. The molecule has 0 aliphatic rings. The van der Waals surface area contributed by atoms with Crippen molar-refractivity contribution in [1.29, 1.82) is 0 Å². The highest BCUT2D eigenvalue weighted by atomic mass is 32.2. The van der Waals surface area contributed by atoms with Crippen LogP contribution in [-0.4, -0.2) is 27.7 Å². The number of hydrogen-bond acceptors (Lipinski definition) is 5. The van der Waals surface area contributed by atoms with Crippen LogP contribution in [0.25, 0.3) is 21.1 Å². The van der Waals surface area contributed by atoms with E-state index in [1.165, 1.54) is 11.8 Å². The molecule has 4 nitrogen and oxygen atoms in total. The Balaban J connectivity index is 1.75. The minimum absolute atomic E-state index is 0.0606. The Morgan fingerprint density at radius 3 is 2.48 bits per heavy atom. The SMILES string of the molecule is CCC(CC)NC(=O)CSc1nc(-c2cccs2)c(-c2cccs2)[nH]1. The van der Waals surface area contributed by atoms with Gasteiger partial charge in [0.2, 0.25) is 5.91 Å². The Morgan fingerprint density at radius 1 is 1.20 bits per heavy atom. The van der Waals surface area contributed by atoms with Crippen LogP contribution in [0.15, 0.2) is 40.2 Å². The average molecular weight is 392 g/mol. The number of carbonyl (C=O) groups excluding carboxylic acids is 1. The Kier molecular flexibility index (Phi) is 6.34. The van der Waals surface area contributed by atoms with Crippen molar-refractivity contribution >= 4 is 40.3 Å². The van der Waals surface area contributed by atoms with E-state index in [0.29, 0.717) is 5.75 Å². The zero-order chi connectivity index (χ0) is 17.6. The van der Waals surface area contributed by atoms with E-state index in [1.807, 2.05) is 12.1 Å². The van der Waals surface area contributed by atoms with E-state index in [1.54, 1.807) is 22.7 Å². The molecule has 7 heteroatoms. The fraction of sp³-hybridized carbons (Fsp3) is 0.333. The molecule has 3 heterocycles. The van der Waals surface area contributed by atoms with Crippen LogP contribution in [0.4, 0.5) is 0 Å². The molecule has 3 aromatic rings. The molecule has 0 aromatic carbocycles. The number of nitrogens with zero attached hydrogens (tertiary/aromatic N) is 1. The van der Waals surface area contributed by atoms with Gasteiger partial charge in [0, 0.05) is 6.04 Å². The van der Waals surface area contributed by atoms with E-state index < -0.39 is 0 Å². The minimum Gasteiger partial charge on any atom is -0.353 e. The van der Waals surface area contributed by atoms with Gasteiger partial charge in [0.1, 0.15) is 5.69 Å². The molecule has 132 valence electrons. The van der Waals surface area contributed by atoms with E-state index >= 15 is 0 Å². The number of thiophene rings is 2. The van der Waals surface area contributed by atoms with E-state index in [2.05, 4.69) is 47.0 Å². The van der Waals surface area contributed by atoms with Crippen LogP contribution >= 0.6 is 34.4 Å². The minimum atomic E-state index is 0.0606. The maximum Gasteiger partial charge on any atom is 0.230 e.